The molecule has 1 nitrogen and oxygen atoms in total. The van der Waals surface area contributed by atoms with Crippen molar-refractivity contribution in [2.24, 2.45) is 17.6 Å². The van der Waals surface area contributed by atoms with Gasteiger partial charge in [0.2, 0.25) is 0 Å². The average Bonchev–Trinajstić information content (AvgIpc) is 1.86. The minimum Gasteiger partial charge on any atom is -0.330 e. The van der Waals surface area contributed by atoms with Crippen molar-refractivity contribution in [2.75, 3.05) is 18.6 Å². The van der Waals surface area contributed by atoms with Crippen LogP contribution >= 0.6 is 11.8 Å². The highest BCUT2D eigenvalue weighted by Gasteiger charge is 2.07. The molecule has 1 atom stereocenters. The number of hydrogen-bond acceptors (Lipinski definition) is 2. The molecule has 1 unspecified atom stereocenters. The minimum absolute atomic E-state index is 0.731. The highest BCUT2D eigenvalue weighted by atomic mass is 32.2. The molecule has 0 spiro atoms. The molecule has 0 aromatic rings. The van der Waals surface area contributed by atoms with Gasteiger partial charge in [0.25, 0.3) is 0 Å². The smallest absolute Gasteiger partial charge is 0.00298 e. The summed E-state index contributed by atoms with van der Waals surface area (Å²) in [6.07, 6.45) is 3.42. The minimum atomic E-state index is 0.731. The van der Waals surface area contributed by atoms with Crippen molar-refractivity contribution in [3.05, 3.63) is 0 Å². The number of hydrogen-bond donors (Lipinski definition) is 1. The molecule has 0 aliphatic rings. The predicted octanol–water partition coefficient (Wildman–Crippen LogP) is 1.97. The monoisotopic (exact) mass is 161 g/mol. The van der Waals surface area contributed by atoms with Gasteiger partial charge in [-0.05, 0) is 36.8 Å². The van der Waals surface area contributed by atoms with Crippen molar-refractivity contribution in [3.63, 3.8) is 0 Å². The molecule has 2 heteroatoms. The van der Waals surface area contributed by atoms with Crippen LogP contribution in [0.4, 0.5) is 0 Å². The van der Waals surface area contributed by atoms with Crippen LogP contribution in [0.2, 0.25) is 0 Å². The third-order valence-electron chi connectivity index (χ3n) is 1.54. The molecule has 0 saturated carbocycles. The first-order valence-electron chi connectivity index (χ1n) is 3.89. The first kappa shape index (κ1) is 10.3. The van der Waals surface area contributed by atoms with Crippen molar-refractivity contribution in [1.29, 1.82) is 0 Å². The van der Waals surface area contributed by atoms with Gasteiger partial charge in [-0.3, -0.25) is 0 Å². The average molecular weight is 161 g/mol. The van der Waals surface area contributed by atoms with Gasteiger partial charge in [0, 0.05) is 0 Å². The second kappa shape index (κ2) is 6.05. The van der Waals surface area contributed by atoms with Crippen molar-refractivity contribution in [2.45, 2.75) is 20.3 Å². The Bertz CT molecular complexity index is 73.7. The molecule has 0 amide bonds. The highest BCUT2D eigenvalue weighted by molar-refractivity contribution is 7.98. The third-order valence-corrected chi connectivity index (χ3v) is 2.35. The Kier molecular flexibility index (Phi) is 6.24. The van der Waals surface area contributed by atoms with E-state index in [2.05, 4.69) is 20.1 Å². The van der Waals surface area contributed by atoms with E-state index in [0.717, 1.165) is 18.4 Å². The Labute approximate surface area is 68.8 Å². The summed E-state index contributed by atoms with van der Waals surface area (Å²) in [4.78, 5) is 0. The van der Waals surface area contributed by atoms with Crippen LogP contribution < -0.4 is 5.73 Å². The Morgan fingerprint density at radius 1 is 1.40 bits per heavy atom. The van der Waals surface area contributed by atoms with Crippen LogP contribution in [-0.2, 0) is 0 Å². The van der Waals surface area contributed by atoms with Crippen LogP contribution in [0.25, 0.3) is 0 Å². The van der Waals surface area contributed by atoms with E-state index in [9.17, 15) is 0 Å². The van der Waals surface area contributed by atoms with Crippen molar-refractivity contribution < 1.29 is 0 Å². The number of nitrogens with two attached hydrogens (primary N) is 1. The van der Waals surface area contributed by atoms with Crippen LogP contribution in [0.5, 0.6) is 0 Å². The van der Waals surface area contributed by atoms with Gasteiger partial charge in [0.15, 0.2) is 0 Å². The Hall–Kier alpha value is 0.310. The zero-order chi connectivity index (χ0) is 7.98. The molecule has 62 valence electrons. The Morgan fingerprint density at radius 2 is 2.00 bits per heavy atom. The summed E-state index contributed by atoms with van der Waals surface area (Å²) in [7, 11) is 0. The first-order chi connectivity index (χ1) is 4.70. The van der Waals surface area contributed by atoms with Crippen LogP contribution in [0.1, 0.15) is 20.3 Å². The van der Waals surface area contributed by atoms with Crippen LogP contribution in [0, 0.1) is 11.8 Å². The van der Waals surface area contributed by atoms with Gasteiger partial charge in [-0.1, -0.05) is 13.8 Å². The van der Waals surface area contributed by atoms with Gasteiger partial charge in [-0.25, -0.2) is 0 Å². The summed E-state index contributed by atoms with van der Waals surface area (Å²) >= 11 is 1.90. The molecule has 2 N–H and O–H groups in total. The summed E-state index contributed by atoms with van der Waals surface area (Å²) in [5.41, 5.74) is 5.59. The molecule has 0 aliphatic carbocycles. The molecule has 0 heterocycles. The van der Waals surface area contributed by atoms with E-state index >= 15 is 0 Å². The SMILES string of the molecule is CSCC(CN)CC(C)C. The van der Waals surface area contributed by atoms with Gasteiger partial charge < -0.3 is 5.73 Å². The van der Waals surface area contributed by atoms with Crippen LogP contribution in [0.15, 0.2) is 0 Å². The summed E-state index contributed by atoms with van der Waals surface area (Å²) < 4.78 is 0. The first-order valence-corrected chi connectivity index (χ1v) is 5.29. The fraction of sp³-hybridized carbons (Fsp3) is 1.00. The summed E-state index contributed by atoms with van der Waals surface area (Å²) in [5, 5.41) is 0. The molecule has 0 fully saturated rings. The van der Waals surface area contributed by atoms with Crippen molar-refractivity contribution in [3.8, 4) is 0 Å². The Balaban J connectivity index is 3.39. The van der Waals surface area contributed by atoms with Crippen LogP contribution in [-0.4, -0.2) is 18.6 Å². The number of rotatable bonds is 5. The van der Waals surface area contributed by atoms with Crippen LogP contribution in [0.3, 0.4) is 0 Å². The molecule has 0 saturated heterocycles. The van der Waals surface area contributed by atoms with E-state index in [0.29, 0.717) is 0 Å². The lowest BCUT2D eigenvalue weighted by Gasteiger charge is -2.14. The topological polar surface area (TPSA) is 26.0 Å². The zero-order valence-corrected chi connectivity index (χ0v) is 8.08. The van der Waals surface area contributed by atoms with Gasteiger partial charge in [-0.15, -0.1) is 0 Å². The van der Waals surface area contributed by atoms with E-state index in [1.807, 2.05) is 11.8 Å². The zero-order valence-electron chi connectivity index (χ0n) is 7.26. The Morgan fingerprint density at radius 3 is 2.30 bits per heavy atom. The quantitative estimate of drug-likeness (QED) is 0.667. The van der Waals surface area contributed by atoms with Crippen molar-refractivity contribution in [1.82, 2.24) is 0 Å². The lowest BCUT2D eigenvalue weighted by molar-refractivity contribution is 0.453. The lowest BCUT2D eigenvalue weighted by atomic mass is 9.99. The fourth-order valence-electron chi connectivity index (χ4n) is 1.13. The molecule has 0 rings (SSSR count). The normalized spacial score (nSPS) is 14.1. The maximum absolute atomic E-state index is 5.59. The van der Waals surface area contributed by atoms with Gasteiger partial charge in [0.05, 0.1) is 0 Å². The second-order valence-electron chi connectivity index (χ2n) is 3.19. The number of thioether (sulfide) groups is 1. The third kappa shape index (κ3) is 5.12. The standard InChI is InChI=1S/C8H19NS/c1-7(2)4-8(5-9)6-10-3/h7-8H,4-6,9H2,1-3H3. The van der Waals surface area contributed by atoms with Crippen molar-refractivity contribution >= 4 is 11.8 Å². The van der Waals surface area contributed by atoms with Gasteiger partial charge >= 0.3 is 0 Å². The van der Waals surface area contributed by atoms with Gasteiger partial charge in [0.1, 0.15) is 0 Å². The summed E-state index contributed by atoms with van der Waals surface area (Å²) in [6.45, 7) is 5.35. The summed E-state index contributed by atoms with van der Waals surface area (Å²) in [6, 6.07) is 0. The molecule has 0 bridgehead atoms. The van der Waals surface area contributed by atoms with E-state index < -0.39 is 0 Å². The highest BCUT2D eigenvalue weighted by Crippen LogP contribution is 2.14. The summed E-state index contributed by atoms with van der Waals surface area (Å²) in [5.74, 6) is 2.74. The van der Waals surface area contributed by atoms with E-state index in [1.165, 1.54) is 12.2 Å². The van der Waals surface area contributed by atoms with E-state index in [1.54, 1.807) is 0 Å². The molecular formula is C8H19NS. The molecule has 0 aromatic heterocycles. The maximum Gasteiger partial charge on any atom is -0.00298 e. The molecule has 0 radical (unpaired) electrons. The fourth-order valence-corrected chi connectivity index (χ4v) is 1.88. The van der Waals surface area contributed by atoms with E-state index in [4.69, 9.17) is 5.73 Å². The molecule has 0 aliphatic heterocycles. The molecule has 0 aromatic carbocycles. The largest absolute Gasteiger partial charge is 0.330 e. The molecule has 10 heavy (non-hydrogen) atoms. The predicted molar refractivity (Wildman–Crippen MR) is 50.4 cm³/mol. The van der Waals surface area contributed by atoms with Gasteiger partial charge in [-0.2, -0.15) is 11.8 Å². The molecular weight excluding hydrogens is 142 g/mol. The maximum atomic E-state index is 5.59. The van der Waals surface area contributed by atoms with E-state index in [-0.39, 0.29) is 0 Å². The lowest BCUT2D eigenvalue weighted by Crippen LogP contribution is -2.18. The second-order valence-corrected chi connectivity index (χ2v) is 4.10.